The van der Waals surface area contributed by atoms with Gasteiger partial charge in [-0.15, -0.1) is 0 Å². The van der Waals surface area contributed by atoms with Gasteiger partial charge in [-0.25, -0.2) is 0 Å². The van der Waals surface area contributed by atoms with Crippen LogP contribution in [-0.2, 0) is 18.3 Å². The lowest BCUT2D eigenvalue weighted by Gasteiger charge is -2.07. The van der Waals surface area contributed by atoms with Crippen LogP contribution < -0.4 is 11.1 Å². The molecule has 0 aliphatic heterocycles. The molecule has 0 fully saturated rings. The lowest BCUT2D eigenvalue weighted by Crippen LogP contribution is -2.35. The molecular weight excluding hydrogens is 216 g/mol. The molecule has 0 radical (unpaired) electrons. The molecule has 5 heteroatoms. The molecule has 1 heterocycles. The van der Waals surface area contributed by atoms with E-state index in [1.54, 1.807) is 0 Å². The topological polar surface area (TPSA) is 72.9 Å². The quantitative estimate of drug-likeness (QED) is 0.781. The molecule has 0 aromatic carbocycles. The molecule has 0 aliphatic rings. The minimum Gasteiger partial charge on any atom is -0.355 e. The van der Waals surface area contributed by atoms with Gasteiger partial charge in [0.2, 0.25) is 5.91 Å². The number of carbonyl (C=O) groups excluding carboxylic acids is 1. The molecular formula is C12H22N4O. The second-order valence-corrected chi connectivity index (χ2v) is 4.55. The molecule has 96 valence electrons. The Balaban J connectivity index is 2.47. The molecule has 1 aromatic rings. The number of aromatic nitrogens is 2. The Kier molecular flexibility index (Phi) is 4.69. The first-order valence-corrected chi connectivity index (χ1v) is 5.93. The van der Waals surface area contributed by atoms with E-state index in [1.807, 2.05) is 32.5 Å². The first kappa shape index (κ1) is 13.7. The third-order valence-corrected chi connectivity index (χ3v) is 2.88. The summed E-state index contributed by atoms with van der Waals surface area (Å²) in [5.74, 6) is 0.0463. The summed E-state index contributed by atoms with van der Waals surface area (Å²) in [6.45, 7) is 6.40. The van der Waals surface area contributed by atoms with Crippen LogP contribution in [0.3, 0.4) is 0 Å². The van der Waals surface area contributed by atoms with Crippen molar-refractivity contribution in [2.24, 2.45) is 12.8 Å². The van der Waals surface area contributed by atoms with Crippen molar-refractivity contribution in [1.29, 1.82) is 0 Å². The van der Waals surface area contributed by atoms with Crippen LogP contribution in [0.4, 0.5) is 0 Å². The number of aryl methyl sites for hydroxylation is 2. The average molecular weight is 238 g/mol. The predicted octanol–water partition coefficient (Wildman–Crippen LogP) is 0.433. The zero-order chi connectivity index (χ0) is 13.0. The highest BCUT2D eigenvalue weighted by Gasteiger charge is 2.11. The Labute approximate surface area is 102 Å². The van der Waals surface area contributed by atoms with E-state index in [-0.39, 0.29) is 11.9 Å². The van der Waals surface area contributed by atoms with Gasteiger partial charge in [0.05, 0.1) is 5.69 Å². The maximum atomic E-state index is 11.6. The summed E-state index contributed by atoms with van der Waals surface area (Å²) in [7, 11) is 1.92. The highest BCUT2D eigenvalue weighted by molar-refractivity contribution is 5.76. The molecule has 1 aromatic heterocycles. The molecule has 0 spiro atoms. The third-order valence-electron chi connectivity index (χ3n) is 2.88. The van der Waals surface area contributed by atoms with Gasteiger partial charge in [0.1, 0.15) is 0 Å². The van der Waals surface area contributed by atoms with Crippen molar-refractivity contribution in [2.45, 2.75) is 39.7 Å². The smallest absolute Gasteiger partial charge is 0.220 e. The van der Waals surface area contributed by atoms with Gasteiger partial charge in [-0.1, -0.05) is 0 Å². The third kappa shape index (κ3) is 3.85. The zero-order valence-corrected chi connectivity index (χ0v) is 11.1. The van der Waals surface area contributed by atoms with Crippen LogP contribution in [0, 0.1) is 13.8 Å². The number of hydrogen-bond acceptors (Lipinski definition) is 3. The number of rotatable bonds is 5. The predicted molar refractivity (Wildman–Crippen MR) is 67.7 cm³/mol. The Bertz CT molecular complexity index is 395. The lowest BCUT2D eigenvalue weighted by atomic mass is 10.1. The standard InChI is InChI=1S/C12H22N4O/c1-8(13)7-14-12(17)6-5-11-9(2)15-16(4)10(11)3/h8H,5-7,13H2,1-4H3,(H,14,17). The zero-order valence-electron chi connectivity index (χ0n) is 11.1. The van der Waals surface area contributed by atoms with Gasteiger partial charge in [-0.05, 0) is 32.8 Å². The molecule has 1 atom stereocenters. The number of nitrogens with zero attached hydrogens (tertiary/aromatic N) is 2. The minimum atomic E-state index is 0.000754. The van der Waals surface area contributed by atoms with Crippen LogP contribution >= 0.6 is 0 Å². The monoisotopic (exact) mass is 238 g/mol. The van der Waals surface area contributed by atoms with Crippen LogP contribution in [0.25, 0.3) is 0 Å². The second-order valence-electron chi connectivity index (χ2n) is 4.55. The van der Waals surface area contributed by atoms with Crippen LogP contribution in [0.1, 0.15) is 30.3 Å². The fourth-order valence-electron chi connectivity index (χ4n) is 1.78. The second kappa shape index (κ2) is 5.82. The maximum Gasteiger partial charge on any atom is 0.220 e. The average Bonchev–Trinajstić information content (AvgIpc) is 2.48. The molecule has 1 unspecified atom stereocenters. The number of amides is 1. The SMILES string of the molecule is Cc1nn(C)c(C)c1CCC(=O)NCC(C)N. The van der Waals surface area contributed by atoms with E-state index in [1.165, 1.54) is 5.56 Å². The molecule has 3 N–H and O–H groups in total. The summed E-state index contributed by atoms with van der Waals surface area (Å²) >= 11 is 0. The largest absolute Gasteiger partial charge is 0.355 e. The molecule has 1 amide bonds. The first-order valence-electron chi connectivity index (χ1n) is 5.93. The van der Waals surface area contributed by atoms with E-state index in [2.05, 4.69) is 10.4 Å². The summed E-state index contributed by atoms with van der Waals surface area (Å²) in [6, 6.07) is 0.000754. The van der Waals surface area contributed by atoms with Gasteiger partial charge >= 0.3 is 0 Å². The van der Waals surface area contributed by atoms with Crippen molar-refractivity contribution < 1.29 is 4.79 Å². The number of nitrogens with one attached hydrogen (secondary N) is 1. The number of nitrogens with two attached hydrogens (primary N) is 1. The normalized spacial score (nSPS) is 12.5. The Morgan fingerprint density at radius 3 is 2.65 bits per heavy atom. The number of carbonyl (C=O) groups is 1. The lowest BCUT2D eigenvalue weighted by molar-refractivity contribution is -0.121. The molecule has 0 saturated carbocycles. The van der Waals surface area contributed by atoms with Crippen LogP contribution in [0.2, 0.25) is 0 Å². The number of hydrogen-bond donors (Lipinski definition) is 2. The van der Waals surface area contributed by atoms with Crippen molar-refractivity contribution in [3.05, 3.63) is 17.0 Å². The molecule has 5 nitrogen and oxygen atoms in total. The van der Waals surface area contributed by atoms with Gasteiger partial charge in [0.15, 0.2) is 0 Å². The van der Waals surface area contributed by atoms with Gasteiger partial charge in [0, 0.05) is 31.7 Å². The van der Waals surface area contributed by atoms with E-state index in [0.29, 0.717) is 13.0 Å². The Morgan fingerprint density at radius 1 is 1.53 bits per heavy atom. The van der Waals surface area contributed by atoms with Crippen molar-refractivity contribution >= 4 is 5.91 Å². The van der Waals surface area contributed by atoms with Gasteiger partial charge < -0.3 is 11.1 Å². The summed E-state index contributed by atoms with van der Waals surface area (Å²) < 4.78 is 1.85. The van der Waals surface area contributed by atoms with Crippen LogP contribution in [-0.4, -0.2) is 28.3 Å². The highest BCUT2D eigenvalue weighted by Crippen LogP contribution is 2.13. The van der Waals surface area contributed by atoms with Crippen molar-refractivity contribution in [3.63, 3.8) is 0 Å². The van der Waals surface area contributed by atoms with E-state index >= 15 is 0 Å². The maximum absolute atomic E-state index is 11.6. The van der Waals surface area contributed by atoms with Crippen molar-refractivity contribution in [1.82, 2.24) is 15.1 Å². The Hall–Kier alpha value is -1.36. The molecule has 0 saturated heterocycles. The van der Waals surface area contributed by atoms with Crippen molar-refractivity contribution in [2.75, 3.05) is 6.54 Å². The Morgan fingerprint density at radius 2 is 2.18 bits per heavy atom. The van der Waals surface area contributed by atoms with Crippen molar-refractivity contribution in [3.8, 4) is 0 Å². The van der Waals surface area contributed by atoms with E-state index < -0.39 is 0 Å². The van der Waals surface area contributed by atoms with E-state index in [4.69, 9.17) is 5.73 Å². The van der Waals surface area contributed by atoms with Gasteiger partial charge in [0.25, 0.3) is 0 Å². The molecule has 0 bridgehead atoms. The summed E-state index contributed by atoms with van der Waals surface area (Å²) in [4.78, 5) is 11.6. The summed E-state index contributed by atoms with van der Waals surface area (Å²) in [5.41, 5.74) is 8.87. The van der Waals surface area contributed by atoms with E-state index in [9.17, 15) is 4.79 Å². The molecule has 17 heavy (non-hydrogen) atoms. The van der Waals surface area contributed by atoms with Crippen LogP contribution in [0.5, 0.6) is 0 Å². The van der Waals surface area contributed by atoms with Crippen LogP contribution in [0.15, 0.2) is 0 Å². The summed E-state index contributed by atoms with van der Waals surface area (Å²) in [5, 5.41) is 7.13. The molecule has 1 rings (SSSR count). The fourth-order valence-corrected chi connectivity index (χ4v) is 1.78. The summed E-state index contributed by atoms with van der Waals surface area (Å²) in [6.07, 6.45) is 1.22. The van der Waals surface area contributed by atoms with E-state index in [0.717, 1.165) is 17.8 Å². The van der Waals surface area contributed by atoms with Gasteiger partial charge in [-0.2, -0.15) is 5.10 Å². The van der Waals surface area contributed by atoms with Gasteiger partial charge in [-0.3, -0.25) is 9.48 Å². The molecule has 0 aliphatic carbocycles. The fraction of sp³-hybridized carbons (Fsp3) is 0.667. The first-order chi connectivity index (χ1) is 7.91. The minimum absolute atomic E-state index is 0.000754. The highest BCUT2D eigenvalue weighted by atomic mass is 16.1.